The molecule has 3 N–H and O–H groups in total. The van der Waals surface area contributed by atoms with Crippen LogP contribution in [0.1, 0.15) is 19.3 Å². The number of aromatic amines is 1. The van der Waals surface area contributed by atoms with Crippen molar-refractivity contribution in [2.24, 2.45) is 12.8 Å². The zero-order chi connectivity index (χ0) is 22.1. The Morgan fingerprint density at radius 2 is 2.09 bits per heavy atom. The number of H-pyrrole nitrogens is 1. The van der Waals surface area contributed by atoms with Gasteiger partial charge in [0.25, 0.3) is 5.56 Å². The maximum absolute atomic E-state index is 14.7. The van der Waals surface area contributed by atoms with Gasteiger partial charge in [-0.2, -0.15) is 0 Å². The summed E-state index contributed by atoms with van der Waals surface area (Å²) in [6.45, 7) is 0. The van der Waals surface area contributed by atoms with Crippen LogP contribution >= 0.6 is 11.6 Å². The largest absolute Gasteiger partial charge is 0.346 e. The number of benzene rings is 1. The number of hydrogen-bond acceptors (Lipinski definition) is 6. The van der Waals surface area contributed by atoms with Crippen molar-refractivity contribution in [3.8, 4) is 11.1 Å². The molecule has 1 aromatic carbocycles. The topological polar surface area (TPSA) is 106 Å². The summed E-state index contributed by atoms with van der Waals surface area (Å²) in [6, 6.07) is 3.10. The van der Waals surface area contributed by atoms with E-state index in [-0.39, 0.29) is 17.6 Å². The minimum Gasteiger partial charge on any atom is -0.346 e. The highest BCUT2D eigenvalue weighted by Crippen LogP contribution is 2.40. The summed E-state index contributed by atoms with van der Waals surface area (Å²) in [5, 5.41) is 0.689. The van der Waals surface area contributed by atoms with Gasteiger partial charge in [0.1, 0.15) is 17.5 Å². The van der Waals surface area contributed by atoms with Crippen molar-refractivity contribution in [3.05, 3.63) is 46.2 Å². The number of nitrogens with one attached hydrogen (secondary N) is 1. The van der Waals surface area contributed by atoms with Crippen molar-refractivity contribution < 1.29 is 4.39 Å². The van der Waals surface area contributed by atoms with Crippen molar-refractivity contribution in [3.63, 3.8) is 0 Å². The van der Waals surface area contributed by atoms with Crippen LogP contribution in [0, 0.1) is 0 Å². The molecule has 5 heterocycles. The van der Waals surface area contributed by atoms with E-state index >= 15 is 0 Å². The predicted molar refractivity (Wildman–Crippen MR) is 122 cm³/mol. The summed E-state index contributed by atoms with van der Waals surface area (Å²) in [6.07, 6.45) is 6.16. The van der Waals surface area contributed by atoms with Crippen molar-refractivity contribution >= 4 is 39.5 Å². The van der Waals surface area contributed by atoms with Gasteiger partial charge in [-0.1, -0.05) is 17.7 Å². The average Bonchev–Trinajstić information content (AvgIpc) is 3.36. The molecule has 0 aliphatic carbocycles. The standard InChI is InChI=1S/C22H21ClFN7O/c1-30-9-28-14-4-3-11(18(23)17(14)22(30)32)12-7-27-21-20(12)26-8-16(29-21)31-10-2-5-15(31)19(24)13(25)6-10/h3-4,7-10,13,15,19H,2,5-6,25H2,1H3,(H,27,29)/t10-,13+,15+,19+/m1/s1. The van der Waals surface area contributed by atoms with Crippen LogP contribution < -0.4 is 16.2 Å². The molecule has 8 nitrogen and oxygen atoms in total. The highest BCUT2D eigenvalue weighted by atomic mass is 35.5. The van der Waals surface area contributed by atoms with Gasteiger partial charge in [0.2, 0.25) is 0 Å². The molecule has 2 aliphatic rings. The number of halogens is 2. The molecule has 2 saturated heterocycles. The van der Waals surface area contributed by atoms with Gasteiger partial charge < -0.3 is 20.2 Å². The molecule has 0 unspecified atom stereocenters. The van der Waals surface area contributed by atoms with E-state index < -0.39 is 12.2 Å². The van der Waals surface area contributed by atoms with Gasteiger partial charge in [0.05, 0.1) is 34.5 Å². The minimum atomic E-state index is -1.07. The summed E-state index contributed by atoms with van der Waals surface area (Å²) in [5.41, 5.74) is 8.94. The smallest absolute Gasteiger partial charge is 0.262 e. The molecule has 4 aromatic rings. The summed E-state index contributed by atoms with van der Waals surface area (Å²) >= 11 is 6.66. The summed E-state index contributed by atoms with van der Waals surface area (Å²) in [4.78, 5) is 31.5. The molecule has 0 saturated carbocycles. The van der Waals surface area contributed by atoms with Crippen LogP contribution in [-0.4, -0.2) is 48.8 Å². The molecular formula is C22H21ClFN7O. The number of nitrogens with zero attached hydrogens (tertiary/aromatic N) is 5. The van der Waals surface area contributed by atoms with Gasteiger partial charge in [-0.15, -0.1) is 0 Å². The quantitative estimate of drug-likeness (QED) is 0.483. The maximum atomic E-state index is 14.7. The van der Waals surface area contributed by atoms with Gasteiger partial charge in [-0.05, 0) is 25.3 Å². The van der Waals surface area contributed by atoms with E-state index in [9.17, 15) is 9.18 Å². The lowest BCUT2D eigenvalue weighted by atomic mass is 9.96. The first-order chi connectivity index (χ1) is 15.4. The Bertz CT molecular complexity index is 1430. The van der Waals surface area contributed by atoms with Crippen LogP contribution in [-0.2, 0) is 7.05 Å². The zero-order valence-electron chi connectivity index (χ0n) is 17.3. The second-order valence-corrected chi connectivity index (χ2v) is 9.04. The predicted octanol–water partition coefficient (Wildman–Crippen LogP) is 2.93. The second-order valence-electron chi connectivity index (χ2n) is 8.66. The van der Waals surface area contributed by atoms with E-state index in [2.05, 4.69) is 15.0 Å². The molecule has 0 amide bonds. The highest BCUT2D eigenvalue weighted by molar-refractivity contribution is 6.38. The van der Waals surface area contributed by atoms with Gasteiger partial charge in [0.15, 0.2) is 5.65 Å². The summed E-state index contributed by atoms with van der Waals surface area (Å²) in [7, 11) is 1.64. The molecule has 4 atom stereocenters. The Balaban J connectivity index is 1.45. The maximum Gasteiger partial charge on any atom is 0.262 e. The molecule has 3 aromatic heterocycles. The van der Waals surface area contributed by atoms with Crippen LogP contribution in [0.15, 0.2) is 35.6 Å². The molecule has 2 fully saturated rings. The van der Waals surface area contributed by atoms with Crippen LogP contribution in [0.2, 0.25) is 5.02 Å². The van der Waals surface area contributed by atoms with Crippen LogP contribution in [0.25, 0.3) is 33.2 Å². The average molecular weight is 454 g/mol. The second kappa shape index (κ2) is 6.98. The fraction of sp³-hybridized carbons (Fsp3) is 0.364. The summed E-state index contributed by atoms with van der Waals surface area (Å²) in [5.74, 6) is 0.649. The zero-order valence-corrected chi connectivity index (χ0v) is 18.1. The van der Waals surface area contributed by atoms with Gasteiger partial charge in [-0.25, -0.2) is 19.3 Å². The molecule has 164 valence electrons. The summed E-state index contributed by atoms with van der Waals surface area (Å²) < 4.78 is 16.1. The van der Waals surface area contributed by atoms with Crippen LogP contribution in [0.3, 0.4) is 0 Å². The first-order valence-corrected chi connectivity index (χ1v) is 11.0. The van der Waals surface area contributed by atoms with Crippen molar-refractivity contribution in [1.29, 1.82) is 0 Å². The van der Waals surface area contributed by atoms with E-state index in [0.717, 1.165) is 18.4 Å². The number of nitrogens with two attached hydrogens (primary N) is 1. The third kappa shape index (κ3) is 2.70. The highest BCUT2D eigenvalue weighted by Gasteiger charge is 2.47. The third-order valence-electron chi connectivity index (χ3n) is 6.81. The molecule has 32 heavy (non-hydrogen) atoms. The minimum absolute atomic E-state index is 0.182. The van der Waals surface area contributed by atoms with E-state index in [1.54, 1.807) is 25.5 Å². The Labute approximate surface area is 187 Å². The monoisotopic (exact) mass is 453 g/mol. The Morgan fingerprint density at radius 1 is 1.25 bits per heavy atom. The first-order valence-electron chi connectivity index (χ1n) is 10.6. The van der Waals surface area contributed by atoms with E-state index in [4.69, 9.17) is 22.3 Å². The molecule has 0 radical (unpaired) electrons. The first kappa shape index (κ1) is 19.6. The molecular weight excluding hydrogens is 433 g/mol. The molecule has 2 aliphatic heterocycles. The number of aryl methyl sites for hydroxylation is 1. The van der Waals surface area contributed by atoms with Crippen LogP contribution in [0.5, 0.6) is 0 Å². The number of fused-ring (bicyclic) bond motifs is 4. The van der Waals surface area contributed by atoms with Gasteiger partial charge in [0, 0.05) is 36.5 Å². The number of rotatable bonds is 2. The van der Waals surface area contributed by atoms with Crippen molar-refractivity contribution in [2.45, 2.75) is 43.6 Å². The Kier molecular flexibility index (Phi) is 4.28. The van der Waals surface area contributed by atoms with E-state index in [1.165, 1.54) is 10.9 Å². The third-order valence-corrected chi connectivity index (χ3v) is 7.21. The molecule has 10 heteroatoms. The van der Waals surface area contributed by atoms with Crippen molar-refractivity contribution in [2.75, 3.05) is 4.90 Å². The molecule has 0 spiro atoms. The van der Waals surface area contributed by atoms with Crippen molar-refractivity contribution in [1.82, 2.24) is 24.5 Å². The SMILES string of the molecule is Cn1cnc2ccc(-c3c[nH]c4nc(N5[C@@H]6CC[C@H]5[C@@H](F)[C@@H](N)C6)cnc34)c(Cl)c2c1=O. The lowest BCUT2D eigenvalue weighted by Gasteiger charge is -2.40. The molecule has 6 rings (SSSR count). The number of alkyl halides is 1. The van der Waals surface area contributed by atoms with E-state index in [1.807, 2.05) is 11.0 Å². The van der Waals surface area contributed by atoms with Gasteiger partial charge in [-0.3, -0.25) is 4.79 Å². The Morgan fingerprint density at radius 3 is 2.94 bits per heavy atom. The Hall–Kier alpha value is -3.04. The number of piperidine rings is 1. The molecule has 2 bridgehead atoms. The van der Waals surface area contributed by atoms with E-state index in [0.29, 0.717) is 44.9 Å². The fourth-order valence-corrected chi connectivity index (χ4v) is 5.56. The fourth-order valence-electron chi connectivity index (χ4n) is 5.22. The lowest BCUT2D eigenvalue weighted by molar-refractivity contribution is 0.203. The van der Waals surface area contributed by atoms with Crippen LogP contribution in [0.4, 0.5) is 10.2 Å². The number of hydrogen-bond donors (Lipinski definition) is 2. The number of aromatic nitrogens is 5. The lowest BCUT2D eigenvalue weighted by Crippen LogP contribution is -2.55. The normalized spacial score (nSPS) is 25.2. The number of anilines is 1. The van der Waals surface area contributed by atoms with Gasteiger partial charge >= 0.3 is 0 Å².